The molecule has 1 aromatic carbocycles. The highest BCUT2D eigenvalue weighted by Gasteiger charge is 2.11. The monoisotopic (exact) mass is 285 g/mol. The smallest absolute Gasteiger partial charge is 0.137 e. The standard InChI is InChI=1S/C15H24ClNO2/c1-10(2)13(17)7-5-6-11-8-15(19-4)12(16)9-14(11)18-3/h8-10,13H,5-7,17H2,1-4H3. The molecule has 0 amide bonds. The number of aryl methyl sites for hydroxylation is 1. The minimum atomic E-state index is 0.250. The Morgan fingerprint density at radius 1 is 1.16 bits per heavy atom. The van der Waals surface area contributed by atoms with E-state index in [0.29, 0.717) is 16.7 Å². The third kappa shape index (κ3) is 4.59. The first kappa shape index (κ1) is 16.1. The van der Waals surface area contributed by atoms with Gasteiger partial charge < -0.3 is 15.2 Å². The van der Waals surface area contributed by atoms with Crippen LogP contribution in [0.2, 0.25) is 5.02 Å². The molecule has 0 bridgehead atoms. The molecule has 2 N–H and O–H groups in total. The molecule has 0 heterocycles. The normalized spacial score (nSPS) is 12.6. The molecule has 4 heteroatoms. The van der Waals surface area contributed by atoms with Crippen molar-refractivity contribution in [3.63, 3.8) is 0 Å². The number of hydrogen-bond acceptors (Lipinski definition) is 3. The highest BCUT2D eigenvalue weighted by atomic mass is 35.5. The van der Waals surface area contributed by atoms with Crippen molar-refractivity contribution in [3.05, 3.63) is 22.7 Å². The molecule has 108 valence electrons. The predicted molar refractivity (Wildman–Crippen MR) is 80.3 cm³/mol. The Hall–Kier alpha value is -0.930. The van der Waals surface area contributed by atoms with Crippen molar-refractivity contribution in [1.29, 1.82) is 0 Å². The van der Waals surface area contributed by atoms with E-state index in [-0.39, 0.29) is 6.04 Å². The topological polar surface area (TPSA) is 44.5 Å². The fourth-order valence-corrected chi connectivity index (χ4v) is 2.21. The molecule has 1 rings (SSSR count). The molecular formula is C15H24ClNO2. The summed E-state index contributed by atoms with van der Waals surface area (Å²) in [4.78, 5) is 0. The lowest BCUT2D eigenvalue weighted by Crippen LogP contribution is -2.26. The summed E-state index contributed by atoms with van der Waals surface area (Å²) in [5.74, 6) is 2.01. The number of ether oxygens (including phenoxy) is 2. The maximum atomic E-state index is 6.08. The summed E-state index contributed by atoms with van der Waals surface area (Å²) in [5, 5.41) is 0.571. The highest BCUT2D eigenvalue weighted by Crippen LogP contribution is 2.33. The van der Waals surface area contributed by atoms with Gasteiger partial charge in [-0.15, -0.1) is 0 Å². The lowest BCUT2D eigenvalue weighted by Gasteiger charge is -2.16. The number of halogens is 1. The van der Waals surface area contributed by atoms with Crippen LogP contribution in [0.15, 0.2) is 12.1 Å². The Labute approximate surface area is 121 Å². The minimum absolute atomic E-state index is 0.250. The molecule has 3 nitrogen and oxygen atoms in total. The number of methoxy groups -OCH3 is 2. The summed E-state index contributed by atoms with van der Waals surface area (Å²) in [6.07, 6.45) is 2.95. The summed E-state index contributed by atoms with van der Waals surface area (Å²) in [7, 11) is 3.27. The molecule has 1 atom stereocenters. The number of benzene rings is 1. The lowest BCUT2D eigenvalue weighted by molar-refractivity contribution is 0.396. The SMILES string of the molecule is COc1cc(CCCC(N)C(C)C)c(OC)cc1Cl. The highest BCUT2D eigenvalue weighted by molar-refractivity contribution is 6.32. The zero-order valence-corrected chi connectivity index (χ0v) is 13.0. The Kier molecular flexibility index (Phi) is 6.46. The molecule has 1 unspecified atom stereocenters. The van der Waals surface area contributed by atoms with Crippen LogP contribution in [-0.2, 0) is 6.42 Å². The van der Waals surface area contributed by atoms with E-state index in [1.54, 1.807) is 20.3 Å². The average Bonchev–Trinajstić information content (AvgIpc) is 2.39. The van der Waals surface area contributed by atoms with Gasteiger partial charge in [-0.3, -0.25) is 0 Å². The van der Waals surface area contributed by atoms with Gasteiger partial charge in [-0.1, -0.05) is 25.4 Å². The van der Waals surface area contributed by atoms with Gasteiger partial charge in [0.25, 0.3) is 0 Å². The van der Waals surface area contributed by atoms with E-state index in [1.165, 1.54) is 0 Å². The fraction of sp³-hybridized carbons (Fsp3) is 0.600. The van der Waals surface area contributed by atoms with E-state index < -0.39 is 0 Å². The van der Waals surface area contributed by atoms with Crippen molar-refractivity contribution < 1.29 is 9.47 Å². The van der Waals surface area contributed by atoms with Gasteiger partial charge in [0.05, 0.1) is 19.2 Å². The average molecular weight is 286 g/mol. The molecule has 0 saturated heterocycles. The van der Waals surface area contributed by atoms with Crippen LogP contribution in [0, 0.1) is 5.92 Å². The molecule has 0 aliphatic carbocycles. The van der Waals surface area contributed by atoms with Crippen molar-refractivity contribution in [1.82, 2.24) is 0 Å². The first-order chi connectivity index (χ1) is 8.99. The molecule has 0 aliphatic heterocycles. The zero-order chi connectivity index (χ0) is 14.4. The Morgan fingerprint density at radius 2 is 1.79 bits per heavy atom. The van der Waals surface area contributed by atoms with Crippen molar-refractivity contribution in [2.75, 3.05) is 14.2 Å². The first-order valence-electron chi connectivity index (χ1n) is 6.65. The van der Waals surface area contributed by atoms with E-state index >= 15 is 0 Å². The molecule has 0 radical (unpaired) electrons. The molecule has 1 aromatic rings. The quantitative estimate of drug-likeness (QED) is 0.831. The van der Waals surface area contributed by atoms with Gasteiger partial charge in [0, 0.05) is 12.1 Å². The van der Waals surface area contributed by atoms with Crippen molar-refractivity contribution in [3.8, 4) is 11.5 Å². The van der Waals surface area contributed by atoms with Gasteiger partial charge in [0.1, 0.15) is 11.5 Å². The van der Waals surface area contributed by atoms with Gasteiger partial charge >= 0.3 is 0 Å². The fourth-order valence-electron chi connectivity index (χ4n) is 1.98. The number of hydrogen-bond donors (Lipinski definition) is 1. The zero-order valence-electron chi connectivity index (χ0n) is 12.2. The van der Waals surface area contributed by atoms with Gasteiger partial charge in [-0.25, -0.2) is 0 Å². The Morgan fingerprint density at radius 3 is 2.32 bits per heavy atom. The van der Waals surface area contributed by atoms with Gasteiger partial charge in [0.2, 0.25) is 0 Å². The third-order valence-electron chi connectivity index (χ3n) is 3.39. The molecule has 0 spiro atoms. The van der Waals surface area contributed by atoms with Crippen molar-refractivity contribution in [2.24, 2.45) is 11.7 Å². The summed E-state index contributed by atoms with van der Waals surface area (Å²) in [6, 6.07) is 4.00. The second kappa shape index (κ2) is 7.61. The third-order valence-corrected chi connectivity index (χ3v) is 3.69. The second-order valence-electron chi connectivity index (χ2n) is 5.10. The summed E-state index contributed by atoms with van der Waals surface area (Å²) in [6.45, 7) is 4.30. The van der Waals surface area contributed by atoms with Crippen LogP contribution in [0.3, 0.4) is 0 Å². The minimum Gasteiger partial charge on any atom is -0.496 e. The van der Waals surface area contributed by atoms with Crippen LogP contribution in [-0.4, -0.2) is 20.3 Å². The van der Waals surface area contributed by atoms with Crippen molar-refractivity contribution in [2.45, 2.75) is 39.2 Å². The maximum absolute atomic E-state index is 6.08. The summed E-state index contributed by atoms with van der Waals surface area (Å²) in [5.41, 5.74) is 7.17. The van der Waals surface area contributed by atoms with Crippen LogP contribution in [0.4, 0.5) is 0 Å². The molecule has 19 heavy (non-hydrogen) atoms. The van der Waals surface area contributed by atoms with Crippen LogP contribution < -0.4 is 15.2 Å². The van der Waals surface area contributed by atoms with Gasteiger partial charge in [0.15, 0.2) is 0 Å². The van der Waals surface area contributed by atoms with E-state index in [4.69, 9.17) is 26.8 Å². The summed E-state index contributed by atoms with van der Waals surface area (Å²) < 4.78 is 10.6. The van der Waals surface area contributed by atoms with Crippen LogP contribution >= 0.6 is 11.6 Å². The molecule has 0 aromatic heterocycles. The maximum Gasteiger partial charge on any atom is 0.137 e. The molecule has 0 fully saturated rings. The van der Waals surface area contributed by atoms with Crippen molar-refractivity contribution >= 4 is 11.6 Å². The number of rotatable bonds is 7. The lowest BCUT2D eigenvalue weighted by atomic mass is 9.97. The molecule has 0 saturated carbocycles. The van der Waals surface area contributed by atoms with E-state index in [1.807, 2.05) is 6.07 Å². The summed E-state index contributed by atoms with van der Waals surface area (Å²) >= 11 is 6.08. The van der Waals surface area contributed by atoms with Gasteiger partial charge in [-0.2, -0.15) is 0 Å². The van der Waals surface area contributed by atoms with E-state index in [2.05, 4.69) is 13.8 Å². The predicted octanol–water partition coefficient (Wildman–Crippen LogP) is 3.66. The van der Waals surface area contributed by atoms with Crippen LogP contribution in [0.1, 0.15) is 32.3 Å². The second-order valence-corrected chi connectivity index (χ2v) is 5.51. The molecular weight excluding hydrogens is 262 g/mol. The van der Waals surface area contributed by atoms with E-state index in [0.717, 1.165) is 30.6 Å². The van der Waals surface area contributed by atoms with E-state index in [9.17, 15) is 0 Å². The Balaban J connectivity index is 2.71. The van der Waals surface area contributed by atoms with Crippen LogP contribution in [0.5, 0.6) is 11.5 Å². The number of nitrogens with two attached hydrogens (primary N) is 1. The van der Waals surface area contributed by atoms with Gasteiger partial charge in [-0.05, 0) is 36.8 Å². The van der Waals surface area contributed by atoms with Crippen LogP contribution in [0.25, 0.3) is 0 Å². The molecule has 0 aliphatic rings. The Bertz CT molecular complexity index is 407. The first-order valence-corrected chi connectivity index (χ1v) is 7.03. The largest absolute Gasteiger partial charge is 0.496 e.